The van der Waals surface area contributed by atoms with Gasteiger partial charge in [-0.15, -0.1) is 0 Å². The first kappa shape index (κ1) is 9.23. The molecule has 0 aromatic heterocycles. The first-order chi connectivity index (χ1) is 6.85. The Kier molecular flexibility index (Phi) is 2.51. The fraction of sp³-hybridized carbons (Fsp3) is 0.0833. The molecule has 0 N–H and O–H groups in total. The van der Waals surface area contributed by atoms with Crippen molar-refractivity contribution in [2.75, 3.05) is 0 Å². The van der Waals surface area contributed by atoms with Crippen LogP contribution in [-0.4, -0.2) is 0 Å². The van der Waals surface area contributed by atoms with Crippen LogP contribution >= 0.6 is 15.9 Å². The molecule has 0 saturated carbocycles. The van der Waals surface area contributed by atoms with Gasteiger partial charge in [0.15, 0.2) is 0 Å². The minimum absolute atomic E-state index is 0.748. The molecule has 14 heavy (non-hydrogen) atoms. The van der Waals surface area contributed by atoms with E-state index in [0.29, 0.717) is 0 Å². The molecule has 0 radical (unpaired) electrons. The Balaban J connectivity index is 2.82. The van der Waals surface area contributed by atoms with Crippen LogP contribution in [0.25, 0.3) is 10.8 Å². The van der Waals surface area contributed by atoms with Crippen molar-refractivity contribution in [3.8, 4) is 6.07 Å². The second-order valence-corrected chi connectivity index (χ2v) is 3.67. The number of halogens is 1. The van der Waals surface area contributed by atoms with Crippen molar-refractivity contribution in [3.63, 3.8) is 0 Å². The van der Waals surface area contributed by atoms with E-state index in [2.05, 4.69) is 28.1 Å². The van der Waals surface area contributed by atoms with Gasteiger partial charge >= 0.3 is 0 Å². The topological polar surface area (TPSA) is 23.8 Å². The summed E-state index contributed by atoms with van der Waals surface area (Å²) in [7, 11) is 0. The van der Waals surface area contributed by atoms with Crippen LogP contribution in [0.4, 0.5) is 0 Å². The predicted molar refractivity (Wildman–Crippen MR) is 61.3 cm³/mol. The number of hydrogen-bond donors (Lipinski definition) is 0. The molecule has 0 aliphatic carbocycles. The molecule has 2 aromatic carbocycles. The Hall–Kier alpha value is -1.33. The summed E-state index contributed by atoms with van der Waals surface area (Å²) in [6, 6.07) is 14.2. The molecular formula is C12H8BrN. The second kappa shape index (κ2) is 3.81. The lowest BCUT2D eigenvalue weighted by molar-refractivity contribution is 1.43. The Morgan fingerprint density at radius 2 is 2.00 bits per heavy atom. The molecule has 0 amide bonds. The average Bonchev–Trinajstić information content (AvgIpc) is 2.27. The van der Waals surface area contributed by atoms with Gasteiger partial charge in [0.05, 0.1) is 11.6 Å². The van der Waals surface area contributed by atoms with Crippen LogP contribution in [0.5, 0.6) is 0 Å². The van der Waals surface area contributed by atoms with E-state index >= 15 is 0 Å². The number of hydrogen-bond acceptors (Lipinski definition) is 1. The van der Waals surface area contributed by atoms with Crippen molar-refractivity contribution in [2.45, 2.75) is 5.33 Å². The summed E-state index contributed by atoms with van der Waals surface area (Å²) in [5.74, 6) is 0. The molecule has 2 aromatic rings. The van der Waals surface area contributed by atoms with Crippen LogP contribution in [0.2, 0.25) is 0 Å². The molecule has 0 atom stereocenters. The third-order valence-corrected chi connectivity index (χ3v) is 2.84. The highest BCUT2D eigenvalue weighted by atomic mass is 79.9. The third-order valence-electron chi connectivity index (χ3n) is 2.20. The second-order valence-electron chi connectivity index (χ2n) is 3.11. The Bertz CT molecular complexity index is 511. The molecule has 0 aliphatic rings. The predicted octanol–water partition coefficient (Wildman–Crippen LogP) is 3.61. The molecule has 1 nitrogen and oxygen atoms in total. The minimum Gasteiger partial charge on any atom is -0.192 e. The molecule has 2 heteroatoms. The molecular weight excluding hydrogens is 238 g/mol. The monoisotopic (exact) mass is 245 g/mol. The highest BCUT2D eigenvalue weighted by molar-refractivity contribution is 9.08. The van der Waals surface area contributed by atoms with Crippen molar-refractivity contribution < 1.29 is 0 Å². The van der Waals surface area contributed by atoms with Gasteiger partial charge in [0.2, 0.25) is 0 Å². The summed E-state index contributed by atoms with van der Waals surface area (Å²) in [5.41, 5.74) is 1.89. The summed E-state index contributed by atoms with van der Waals surface area (Å²) in [6.45, 7) is 0. The quantitative estimate of drug-likeness (QED) is 0.705. The number of nitriles is 1. The van der Waals surface area contributed by atoms with Gasteiger partial charge < -0.3 is 0 Å². The molecule has 2 rings (SSSR count). The first-order valence-electron chi connectivity index (χ1n) is 4.33. The number of alkyl halides is 1. The van der Waals surface area contributed by atoms with E-state index in [-0.39, 0.29) is 0 Å². The van der Waals surface area contributed by atoms with Crippen LogP contribution in [0.15, 0.2) is 36.4 Å². The Morgan fingerprint density at radius 1 is 1.21 bits per heavy atom. The van der Waals surface area contributed by atoms with E-state index in [1.54, 1.807) is 0 Å². The molecule has 0 aliphatic heterocycles. The van der Waals surface area contributed by atoms with E-state index in [4.69, 9.17) is 5.26 Å². The van der Waals surface area contributed by atoms with Crippen LogP contribution in [0, 0.1) is 11.3 Å². The lowest BCUT2D eigenvalue weighted by atomic mass is 10.0. The van der Waals surface area contributed by atoms with E-state index < -0.39 is 0 Å². The van der Waals surface area contributed by atoms with Gasteiger partial charge in [-0.3, -0.25) is 0 Å². The summed E-state index contributed by atoms with van der Waals surface area (Å²) >= 11 is 3.40. The van der Waals surface area contributed by atoms with Gasteiger partial charge in [-0.2, -0.15) is 5.26 Å². The highest BCUT2D eigenvalue weighted by Crippen LogP contribution is 2.21. The van der Waals surface area contributed by atoms with Crippen molar-refractivity contribution >= 4 is 26.7 Å². The molecule has 0 heterocycles. The highest BCUT2D eigenvalue weighted by Gasteiger charge is 2.01. The van der Waals surface area contributed by atoms with Crippen LogP contribution in [0.1, 0.15) is 11.1 Å². The molecule has 0 unspecified atom stereocenters. The van der Waals surface area contributed by atoms with Gasteiger partial charge in [0.25, 0.3) is 0 Å². The van der Waals surface area contributed by atoms with Crippen LogP contribution < -0.4 is 0 Å². The smallest absolute Gasteiger partial charge is 0.0998 e. The lowest BCUT2D eigenvalue weighted by Gasteiger charge is -2.02. The maximum absolute atomic E-state index is 8.99. The molecule has 0 fully saturated rings. The van der Waals surface area contributed by atoms with Crippen LogP contribution in [-0.2, 0) is 5.33 Å². The van der Waals surface area contributed by atoms with Gasteiger partial charge in [0.1, 0.15) is 0 Å². The van der Waals surface area contributed by atoms with Crippen molar-refractivity contribution in [2.24, 2.45) is 0 Å². The Morgan fingerprint density at radius 3 is 2.71 bits per heavy atom. The van der Waals surface area contributed by atoms with E-state index in [1.165, 1.54) is 0 Å². The maximum Gasteiger partial charge on any atom is 0.0998 e. The zero-order valence-electron chi connectivity index (χ0n) is 7.50. The third kappa shape index (κ3) is 1.51. The van der Waals surface area contributed by atoms with Gasteiger partial charge in [-0.25, -0.2) is 0 Å². The fourth-order valence-corrected chi connectivity index (χ4v) is 1.87. The number of fused-ring (bicyclic) bond motifs is 1. The zero-order chi connectivity index (χ0) is 9.97. The van der Waals surface area contributed by atoms with Crippen molar-refractivity contribution in [3.05, 3.63) is 47.5 Å². The fourth-order valence-electron chi connectivity index (χ4n) is 1.54. The van der Waals surface area contributed by atoms with Crippen LogP contribution in [0.3, 0.4) is 0 Å². The summed E-state index contributed by atoms with van der Waals surface area (Å²) in [5, 5.41) is 11.9. The maximum atomic E-state index is 8.99. The molecule has 68 valence electrons. The Labute approximate surface area is 91.1 Å². The summed E-state index contributed by atoms with van der Waals surface area (Å²) in [4.78, 5) is 0. The standard InChI is InChI=1S/C12H8BrN/c13-7-9-5-10-3-1-2-4-12(10)11(6-9)8-14/h1-6H,7H2. The lowest BCUT2D eigenvalue weighted by Crippen LogP contribution is -1.84. The van der Waals surface area contributed by atoms with Gasteiger partial charge in [-0.1, -0.05) is 46.3 Å². The SMILES string of the molecule is N#Cc1cc(CBr)cc2ccccc12. The normalized spacial score (nSPS) is 10.0. The van der Waals surface area contributed by atoms with Crippen molar-refractivity contribution in [1.82, 2.24) is 0 Å². The van der Waals surface area contributed by atoms with Crippen molar-refractivity contribution in [1.29, 1.82) is 5.26 Å². The van der Waals surface area contributed by atoms with E-state index in [9.17, 15) is 0 Å². The van der Waals surface area contributed by atoms with E-state index in [0.717, 1.165) is 27.2 Å². The molecule has 0 saturated heterocycles. The van der Waals surface area contributed by atoms with E-state index in [1.807, 2.05) is 30.3 Å². The molecule has 0 bridgehead atoms. The zero-order valence-corrected chi connectivity index (χ0v) is 9.08. The molecule has 0 spiro atoms. The first-order valence-corrected chi connectivity index (χ1v) is 5.45. The number of benzene rings is 2. The average molecular weight is 246 g/mol. The summed E-state index contributed by atoms with van der Waals surface area (Å²) < 4.78 is 0. The summed E-state index contributed by atoms with van der Waals surface area (Å²) in [6.07, 6.45) is 0. The van der Waals surface area contributed by atoms with Gasteiger partial charge in [-0.05, 0) is 22.4 Å². The number of rotatable bonds is 1. The minimum atomic E-state index is 0.748. The van der Waals surface area contributed by atoms with Gasteiger partial charge in [0, 0.05) is 5.33 Å². The number of nitrogens with zero attached hydrogens (tertiary/aromatic N) is 1. The largest absolute Gasteiger partial charge is 0.192 e.